The fourth-order valence-corrected chi connectivity index (χ4v) is 2.20. The molecule has 0 aliphatic rings. The first-order chi connectivity index (χ1) is 9.31. The van der Waals surface area contributed by atoms with Crippen LogP contribution in [0.1, 0.15) is 25.3 Å². The molecule has 0 fully saturated rings. The topological polar surface area (TPSA) is 45.1 Å². The molecule has 3 nitrogen and oxygen atoms in total. The largest absolute Gasteiger partial charge is 0.396 e. The van der Waals surface area contributed by atoms with E-state index in [1.54, 1.807) is 0 Å². The third-order valence-corrected chi connectivity index (χ3v) is 3.39. The van der Waals surface area contributed by atoms with Gasteiger partial charge in [-0.3, -0.25) is 4.98 Å². The average molecular weight is 258 g/mol. The van der Waals surface area contributed by atoms with Crippen LogP contribution in [0.15, 0.2) is 36.5 Å². The molecule has 2 N–H and O–H groups in total. The van der Waals surface area contributed by atoms with Crippen molar-refractivity contribution in [1.29, 1.82) is 0 Å². The maximum Gasteiger partial charge on any atom is 0.0746 e. The number of nitrogens with zero attached hydrogens (tertiary/aromatic N) is 1. The molecule has 0 bridgehead atoms. The zero-order valence-corrected chi connectivity index (χ0v) is 11.5. The number of aliphatic hydroxyl groups is 1. The van der Waals surface area contributed by atoms with Crippen molar-refractivity contribution in [2.45, 2.75) is 26.3 Å². The molecule has 19 heavy (non-hydrogen) atoms. The molecule has 1 unspecified atom stereocenters. The summed E-state index contributed by atoms with van der Waals surface area (Å²) in [7, 11) is 0. The third-order valence-electron chi connectivity index (χ3n) is 3.39. The Bertz CT molecular complexity index is 508. The second-order valence-corrected chi connectivity index (χ2v) is 5.10. The highest BCUT2D eigenvalue weighted by atomic mass is 16.3. The number of para-hydroxylation sites is 1. The van der Waals surface area contributed by atoms with E-state index < -0.39 is 0 Å². The molecule has 1 atom stereocenters. The van der Waals surface area contributed by atoms with Crippen LogP contribution in [0.25, 0.3) is 10.9 Å². The van der Waals surface area contributed by atoms with Gasteiger partial charge in [-0.05, 0) is 36.9 Å². The van der Waals surface area contributed by atoms with Crippen LogP contribution >= 0.6 is 0 Å². The number of rotatable bonds is 7. The van der Waals surface area contributed by atoms with E-state index in [1.165, 1.54) is 10.9 Å². The smallest absolute Gasteiger partial charge is 0.0746 e. The zero-order chi connectivity index (χ0) is 13.5. The van der Waals surface area contributed by atoms with E-state index in [9.17, 15) is 0 Å². The normalized spacial score (nSPS) is 12.7. The number of nitrogens with one attached hydrogen (secondary N) is 1. The molecule has 102 valence electrons. The summed E-state index contributed by atoms with van der Waals surface area (Å²) in [6, 6.07) is 10.4. The first-order valence-corrected chi connectivity index (χ1v) is 6.95. The van der Waals surface area contributed by atoms with E-state index in [0.717, 1.165) is 31.4 Å². The number of hydrogen-bond acceptors (Lipinski definition) is 3. The van der Waals surface area contributed by atoms with Gasteiger partial charge < -0.3 is 10.4 Å². The maximum atomic E-state index is 8.96. The fraction of sp³-hybridized carbons (Fsp3) is 0.438. The van der Waals surface area contributed by atoms with Gasteiger partial charge in [0.25, 0.3) is 0 Å². The number of hydrogen-bond donors (Lipinski definition) is 2. The number of benzene rings is 1. The Morgan fingerprint density at radius 1 is 1.26 bits per heavy atom. The molecule has 2 aromatic rings. The summed E-state index contributed by atoms with van der Waals surface area (Å²) in [5.74, 6) is 0.404. The van der Waals surface area contributed by atoms with Gasteiger partial charge in [0.1, 0.15) is 0 Å². The van der Waals surface area contributed by atoms with Crippen molar-refractivity contribution in [2.75, 3.05) is 13.2 Å². The Morgan fingerprint density at radius 3 is 2.95 bits per heavy atom. The van der Waals surface area contributed by atoms with Crippen LogP contribution in [0.4, 0.5) is 0 Å². The van der Waals surface area contributed by atoms with Gasteiger partial charge >= 0.3 is 0 Å². The van der Waals surface area contributed by atoms with E-state index >= 15 is 0 Å². The van der Waals surface area contributed by atoms with E-state index in [0.29, 0.717) is 5.92 Å². The van der Waals surface area contributed by atoms with Crippen molar-refractivity contribution < 1.29 is 5.11 Å². The van der Waals surface area contributed by atoms with E-state index in [-0.39, 0.29) is 6.61 Å². The lowest BCUT2D eigenvalue weighted by atomic mass is 10.1. The molecule has 1 aromatic carbocycles. The SMILES string of the molecule is CC(CO)CCCNCc1cccc2cccnc12. The van der Waals surface area contributed by atoms with Crippen molar-refractivity contribution in [3.8, 4) is 0 Å². The molecule has 1 aromatic heterocycles. The van der Waals surface area contributed by atoms with Crippen molar-refractivity contribution in [2.24, 2.45) is 5.92 Å². The first kappa shape index (κ1) is 14.0. The maximum absolute atomic E-state index is 8.96. The van der Waals surface area contributed by atoms with Gasteiger partial charge in [-0.15, -0.1) is 0 Å². The molecule has 1 heterocycles. The highest BCUT2D eigenvalue weighted by molar-refractivity contribution is 5.81. The summed E-state index contributed by atoms with van der Waals surface area (Å²) in [5.41, 5.74) is 2.33. The second kappa shape index (κ2) is 7.22. The third kappa shape index (κ3) is 4.01. The van der Waals surface area contributed by atoms with Crippen molar-refractivity contribution in [1.82, 2.24) is 10.3 Å². The predicted octanol–water partition coefficient (Wildman–Crippen LogP) is 2.73. The Hall–Kier alpha value is -1.45. The van der Waals surface area contributed by atoms with Gasteiger partial charge in [-0.25, -0.2) is 0 Å². The van der Waals surface area contributed by atoms with Crippen LogP contribution in [0.2, 0.25) is 0 Å². The standard InChI is InChI=1S/C16H22N2O/c1-13(12-19)5-3-9-17-11-15-7-2-6-14-8-4-10-18-16(14)15/h2,4,6-8,10,13,17,19H,3,5,9,11-12H2,1H3. The molecule has 0 saturated carbocycles. The fourth-order valence-electron chi connectivity index (χ4n) is 2.20. The van der Waals surface area contributed by atoms with Crippen molar-refractivity contribution in [3.63, 3.8) is 0 Å². The summed E-state index contributed by atoms with van der Waals surface area (Å²) in [6.45, 7) is 4.19. The highest BCUT2D eigenvalue weighted by Gasteiger charge is 2.02. The Balaban J connectivity index is 1.85. The number of fused-ring (bicyclic) bond motifs is 1. The first-order valence-electron chi connectivity index (χ1n) is 6.95. The van der Waals surface area contributed by atoms with E-state index in [1.807, 2.05) is 12.3 Å². The molecule has 0 spiro atoms. The van der Waals surface area contributed by atoms with Crippen molar-refractivity contribution >= 4 is 10.9 Å². The molecule has 0 radical (unpaired) electrons. The lowest BCUT2D eigenvalue weighted by Crippen LogP contribution is -2.16. The van der Waals surface area contributed by atoms with Crippen molar-refractivity contribution in [3.05, 3.63) is 42.1 Å². The summed E-state index contributed by atoms with van der Waals surface area (Å²) >= 11 is 0. The summed E-state index contributed by atoms with van der Waals surface area (Å²) in [4.78, 5) is 4.45. The zero-order valence-electron chi connectivity index (χ0n) is 11.5. The van der Waals surface area contributed by atoms with Crippen LogP contribution in [0.5, 0.6) is 0 Å². The Morgan fingerprint density at radius 2 is 2.11 bits per heavy atom. The average Bonchev–Trinajstić information content (AvgIpc) is 2.46. The Kier molecular flexibility index (Phi) is 5.31. The second-order valence-electron chi connectivity index (χ2n) is 5.10. The molecule has 3 heteroatoms. The summed E-state index contributed by atoms with van der Waals surface area (Å²) < 4.78 is 0. The monoisotopic (exact) mass is 258 g/mol. The summed E-state index contributed by atoms with van der Waals surface area (Å²) in [5, 5.41) is 13.6. The minimum absolute atomic E-state index is 0.285. The molecule has 0 aliphatic carbocycles. The van der Waals surface area contributed by atoms with Gasteiger partial charge in [0.2, 0.25) is 0 Å². The number of aliphatic hydroxyl groups excluding tert-OH is 1. The molecule has 2 rings (SSSR count). The van der Waals surface area contributed by atoms with Crippen LogP contribution in [0, 0.1) is 5.92 Å². The van der Waals surface area contributed by atoms with Gasteiger partial charge in [-0.2, -0.15) is 0 Å². The van der Waals surface area contributed by atoms with Gasteiger partial charge in [0.05, 0.1) is 5.52 Å². The predicted molar refractivity (Wildman–Crippen MR) is 78.9 cm³/mol. The minimum Gasteiger partial charge on any atom is -0.396 e. The van der Waals surface area contributed by atoms with Crippen LogP contribution in [-0.4, -0.2) is 23.2 Å². The van der Waals surface area contributed by atoms with Crippen LogP contribution < -0.4 is 5.32 Å². The highest BCUT2D eigenvalue weighted by Crippen LogP contribution is 2.15. The molecular formula is C16H22N2O. The van der Waals surface area contributed by atoms with Gasteiger partial charge in [0.15, 0.2) is 0 Å². The minimum atomic E-state index is 0.285. The lowest BCUT2D eigenvalue weighted by Gasteiger charge is -2.09. The molecule has 0 aliphatic heterocycles. The summed E-state index contributed by atoms with van der Waals surface area (Å²) in [6.07, 6.45) is 4.01. The number of aromatic nitrogens is 1. The molecule has 0 amide bonds. The number of pyridine rings is 1. The quantitative estimate of drug-likeness (QED) is 0.751. The van der Waals surface area contributed by atoms with Gasteiger partial charge in [0, 0.05) is 24.7 Å². The van der Waals surface area contributed by atoms with E-state index in [2.05, 4.69) is 41.5 Å². The van der Waals surface area contributed by atoms with Crippen LogP contribution in [0.3, 0.4) is 0 Å². The molecular weight excluding hydrogens is 236 g/mol. The van der Waals surface area contributed by atoms with Crippen LogP contribution in [-0.2, 0) is 6.54 Å². The Labute approximate surface area is 114 Å². The molecule has 0 saturated heterocycles. The lowest BCUT2D eigenvalue weighted by molar-refractivity contribution is 0.228. The van der Waals surface area contributed by atoms with E-state index in [4.69, 9.17) is 5.11 Å². The van der Waals surface area contributed by atoms with Gasteiger partial charge in [-0.1, -0.05) is 31.2 Å².